The van der Waals surface area contributed by atoms with Gasteiger partial charge >= 0.3 is 0 Å². The van der Waals surface area contributed by atoms with E-state index in [0.717, 1.165) is 6.42 Å². The topological polar surface area (TPSA) is 0 Å². The van der Waals surface area contributed by atoms with Crippen molar-refractivity contribution in [3.8, 4) is 0 Å². The second kappa shape index (κ2) is 3.97. The zero-order chi connectivity index (χ0) is 8.10. The first-order valence-electron chi connectivity index (χ1n) is 3.86. The largest absolute Gasteiger partial charge is 0.0810 e. The Morgan fingerprint density at radius 1 is 1.36 bits per heavy atom. The molecular formula is C11H13. The van der Waals surface area contributed by atoms with Gasteiger partial charge in [-0.2, -0.15) is 0 Å². The molecule has 0 heterocycles. The molecule has 0 aliphatic rings. The van der Waals surface area contributed by atoms with Gasteiger partial charge in [-0.1, -0.05) is 36.4 Å². The molecule has 0 aliphatic carbocycles. The van der Waals surface area contributed by atoms with E-state index in [1.807, 2.05) is 6.07 Å². The summed E-state index contributed by atoms with van der Waals surface area (Å²) in [5.74, 6) is 0. The van der Waals surface area contributed by atoms with Gasteiger partial charge in [0.2, 0.25) is 0 Å². The van der Waals surface area contributed by atoms with Crippen LogP contribution >= 0.6 is 0 Å². The van der Waals surface area contributed by atoms with Crippen LogP contribution in [0.3, 0.4) is 0 Å². The van der Waals surface area contributed by atoms with Gasteiger partial charge in [-0.05, 0) is 31.4 Å². The third kappa shape index (κ3) is 2.23. The second-order valence-electron chi connectivity index (χ2n) is 2.54. The standard InChI is InChI=1S/C11H13/c1-3-7-10(2)11-8-5-4-6-9-11/h4-9H,1,3H2,2H3/b10-7-. The van der Waals surface area contributed by atoms with Crippen LogP contribution in [0.2, 0.25) is 0 Å². The van der Waals surface area contributed by atoms with Crippen molar-refractivity contribution in [1.82, 2.24) is 0 Å². The molecule has 0 amide bonds. The summed E-state index contributed by atoms with van der Waals surface area (Å²) in [6.07, 6.45) is 3.00. The molecule has 0 atom stereocenters. The van der Waals surface area contributed by atoms with Gasteiger partial charge in [0.25, 0.3) is 0 Å². The quantitative estimate of drug-likeness (QED) is 0.599. The summed E-state index contributed by atoms with van der Waals surface area (Å²) in [7, 11) is 0. The van der Waals surface area contributed by atoms with E-state index in [9.17, 15) is 0 Å². The van der Waals surface area contributed by atoms with E-state index in [1.54, 1.807) is 0 Å². The summed E-state index contributed by atoms with van der Waals surface area (Å²) >= 11 is 0. The van der Waals surface area contributed by atoms with E-state index in [2.05, 4.69) is 44.2 Å². The molecule has 0 spiro atoms. The van der Waals surface area contributed by atoms with Crippen LogP contribution in [0.25, 0.3) is 5.57 Å². The van der Waals surface area contributed by atoms with Crippen molar-refractivity contribution in [3.63, 3.8) is 0 Å². The highest BCUT2D eigenvalue weighted by atomic mass is 14.0. The van der Waals surface area contributed by atoms with Crippen molar-refractivity contribution in [1.29, 1.82) is 0 Å². The molecule has 57 valence electrons. The molecule has 0 heteroatoms. The fourth-order valence-electron chi connectivity index (χ4n) is 1.04. The summed E-state index contributed by atoms with van der Waals surface area (Å²) in [5, 5.41) is 0. The van der Waals surface area contributed by atoms with E-state index in [4.69, 9.17) is 0 Å². The van der Waals surface area contributed by atoms with Gasteiger partial charge in [0, 0.05) is 0 Å². The van der Waals surface area contributed by atoms with E-state index in [-0.39, 0.29) is 0 Å². The number of allylic oxidation sites excluding steroid dienone is 2. The number of benzene rings is 1. The highest BCUT2D eigenvalue weighted by Gasteiger charge is 1.90. The minimum Gasteiger partial charge on any atom is -0.0810 e. The van der Waals surface area contributed by atoms with Gasteiger partial charge in [0.1, 0.15) is 0 Å². The molecule has 0 saturated carbocycles. The Hall–Kier alpha value is -1.04. The van der Waals surface area contributed by atoms with Gasteiger partial charge in [-0.15, -0.1) is 0 Å². The normalized spacial score (nSPS) is 11.6. The Bertz CT molecular complexity index is 231. The van der Waals surface area contributed by atoms with Crippen LogP contribution in [-0.2, 0) is 0 Å². The average Bonchev–Trinajstić information content (AvgIpc) is 2.07. The fourth-order valence-corrected chi connectivity index (χ4v) is 1.04. The van der Waals surface area contributed by atoms with Crippen molar-refractivity contribution in [3.05, 3.63) is 48.9 Å². The van der Waals surface area contributed by atoms with Crippen LogP contribution in [0.1, 0.15) is 18.9 Å². The van der Waals surface area contributed by atoms with Crippen molar-refractivity contribution in [2.45, 2.75) is 13.3 Å². The molecule has 1 aromatic carbocycles. The van der Waals surface area contributed by atoms with Gasteiger partial charge in [-0.3, -0.25) is 0 Å². The third-order valence-electron chi connectivity index (χ3n) is 1.68. The molecule has 1 aromatic rings. The van der Waals surface area contributed by atoms with Crippen LogP contribution in [0.4, 0.5) is 0 Å². The molecule has 1 rings (SSSR count). The average molecular weight is 145 g/mol. The first-order valence-corrected chi connectivity index (χ1v) is 3.86. The van der Waals surface area contributed by atoms with Crippen LogP contribution in [0.15, 0.2) is 36.4 Å². The fraction of sp³-hybridized carbons (Fsp3) is 0.182. The molecular weight excluding hydrogens is 132 g/mol. The monoisotopic (exact) mass is 145 g/mol. The van der Waals surface area contributed by atoms with Crippen LogP contribution in [0.5, 0.6) is 0 Å². The first-order chi connectivity index (χ1) is 5.34. The SMILES string of the molecule is [CH2]C/C=C(/C)c1ccccc1. The Morgan fingerprint density at radius 2 is 2.00 bits per heavy atom. The van der Waals surface area contributed by atoms with Gasteiger partial charge < -0.3 is 0 Å². The van der Waals surface area contributed by atoms with E-state index in [1.165, 1.54) is 11.1 Å². The molecule has 11 heavy (non-hydrogen) atoms. The maximum Gasteiger partial charge on any atom is -0.0231 e. The molecule has 0 unspecified atom stereocenters. The molecule has 1 radical (unpaired) electrons. The summed E-state index contributed by atoms with van der Waals surface area (Å²) in [5.41, 5.74) is 2.59. The Morgan fingerprint density at radius 3 is 2.55 bits per heavy atom. The van der Waals surface area contributed by atoms with Crippen molar-refractivity contribution in [2.75, 3.05) is 0 Å². The number of rotatable bonds is 2. The Labute approximate surface area is 68.6 Å². The lowest BCUT2D eigenvalue weighted by atomic mass is 10.1. The van der Waals surface area contributed by atoms with Crippen LogP contribution < -0.4 is 0 Å². The molecule has 0 aliphatic heterocycles. The van der Waals surface area contributed by atoms with Gasteiger partial charge in [0.15, 0.2) is 0 Å². The summed E-state index contributed by atoms with van der Waals surface area (Å²) in [6, 6.07) is 10.4. The van der Waals surface area contributed by atoms with Crippen molar-refractivity contribution < 1.29 is 0 Å². The Balaban J connectivity index is 2.85. The predicted octanol–water partition coefficient (Wildman–Crippen LogP) is 3.31. The lowest BCUT2D eigenvalue weighted by Gasteiger charge is -1.98. The number of hydrogen-bond acceptors (Lipinski definition) is 0. The molecule has 0 aromatic heterocycles. The van der Waals surface area contributed by atoms with Crippen LogP contribution in [0, 0.1) is 6.92 Å². The maximum absolute atomic E-state index is 3.77. The zero-order valence-electron chi connectivity index (χ0n) is 6.88. The van der Waals surface area contributed by atoms with Gasteiger partial charge in [0.05, 0.1) is 0 Å². The minimum absolute atomic E-state index is 0.862. The highest BCUT2D eigenvalue weighted by molar-refractivity contribution is 5.63. The molecule has 0 fully saturated rings. The Kier molecular flexibility index (Phi) is 2.91. The molecule has 0 saturated heterocycles. The third-order valence-corrected chi connectivity index (χ3v) is 1.68. The lowest BCUT2D eigenvalue weighted by molar-refractivity contribution is 1.38. The van der Waals surface area contributed by atoms with E-state index < -0.39 is 0 Å². The zero-order valence-corrected chi connectivity index (χ0v) is 6.88. The predicted molar refractivity (Wildman–Crippen MR) is 50.1 cm³/mol. The number of hydrogen-bond donors (Lipinski definition) is 0. The second-order valence-corrected chi connectivity index (χ2v) is 2.54. The summed E-state index contributed by atoms with van der Waals surface area (Å²) in [6.45, 7) is 5.89. The smallest absolute Gasteiger partial charge is 0.0231 e. The highest BCUT2D eigenvalue weighted by Crippen LogP contribution is 2.12. The van der Waals surface area contributed by atoms with Crippen molar-refractivity contribution >= 4 is 5.57 Å². The summed E-state index contributed by atoms with van der Waals surface area (Å²) < 4.78 is 0. The molecule has 0 nitrogen and oxygen atoms in total. The van der Waals surface area contributed by atoms with Crippen molar-refractivity contribution in [2.24, 2.45) is 0 Å². The maximum atomic E-state index is 3.77. The van der Waals surface area contributed by atoms with Gasteiger partial charge in [-0.25, -0.2) is 0 Å². The molecule has 0 N–H and O–H groups in total. The first kappa shape index (κ1) is 8.06. The van der Waals surface area contributed by atoms with E-state index >= 15 is 0 Å². The molecule has 0 bridgehead atoms. The van der Waals surface area contributed by atoms with Crippen LogP contribution in [-0.4, -0.2) is 0 Å². The minimum atomic E-state index is 0.862. The summed E-state index contributed by atoms with van der Waals surface area (Å²) in [4.78, 5) is 0. The van der Waals surface area contributed by atoms with E-state index in [0.29, 0.717) is 0 Å². The lowest BCUT2D eigenvalue weighted by Crippen LogP contribution is -1.76.